The van der Waals surface area contributed by atoms with Gasteiger partial charge in [0.2, 0.25) is 5.91 Å². The monoisotopic (exact) mass is 411 g/mol. The van der Waals surface area contributed by atoms with Gasteiger partial charge in [0.25, 0.3) is 0 Å². The smallest absolute Gasteiger partial charge is 0.240 e. The fraction of sp³-hybridized carbons (Fsp3) is 0.333. The standard InChI is InChI=1S/C21H25N5O2S/c1-3-5-19-24-25-21(29)26(19)13-20(27)23-15(2)17-7-9-18(10-8-17)28-14-16-6-4-11-22-12-16/h4,6-12,15H,3,5,13-14H2,1-2H3,(H,23,27)(H,25,29). The Balaban J connectivity index is 1.55. The first-order valence-corrected chi connectivity index (χ1v) is 10.0. The molecule has 2 aromatic heterocycles. The van der Waals surface area contributed by atoms with Crippen LogP contribution in [0.4, 0.5) is 0 Å². The van der Waals surface area contributed by atoms with Crippen LogP contribution < -0.4 is 10.1 Å². The Morgan fingerprint density at radius 3 is 2.79 bits per heavy atom. The topological polar surface area (TPSA) is 84.8 Å². The Bertz CT molecular complexity index is 982. The minimum atomic E-state index is -0.134. The van der Waals surface area contributed by atoms with Crippen molar-refractivity contribution < 1.29 is 9.53 Å². The van der Waals surface area contributed by atoms with Gasteiger partial charge in [0.15, 0.2) is 4.77 Å². The minimum Gasteiger partial charge on any atom is -0.489 e. The predicted molar refractivity (Wildman–Crippen MR) is 113 cm³/mol. The van der Waals surface area contributed by atoms with Crippen LogP contribution in [0.25, 0.3) is 0 Å². The molecule has 0 aliphatic rings. The second kappa shape index (κ2) is 9.97. The van der Waals surface area contributed by atoms with Crippen molar-refractivity contribution in [2.75, 3.05) is 0 Å². The highest BCUT2D eigenvalue weighted by molar-refractivity contribution is 7.71. The van der Waals surface area contributed by atoms with E-state index in [0.717, 1.165) is 35.5 Å². The molecule has 0 radical (unpaired) electrons. The summed E-state index contributed by atoms with van der Waals surface area (Å²) < 4.78 is 7.99. The SMILES string of the molecule is CCCc1n[nH]c(=S)n1CC(=O)NC(C)c1ccc(OCc2cccnc2)cc1. The average Bonchev–Trinajstić information content (AvgIpc) is 3.07. The van der Waals surface area contributed by atoms with Gasteiger partial charge < -0.3 is 10.1 Å². The van der Waals surface area contributed by atoms with E-state index in [1.54, 1.807) is 17.0 Å². The number of nitrogens with zero attached hydrogens (tertiary/aromatic N) is 3. The summed E-state index contributed by atoms with van der Waals surface area (Å²) in [5, 5.41) is 9.96. The Hall–Kier alpha value is -3.00. The third-order valence-electron chi connectivity index (χ3n) is 4.50. The van der Waals surface area contributed by atoms with Crippen LogP contribution in [-0.2, 0) is 24.4 Å². The van der Waals surface area contributed by atoms with E-state index in [1.165, 1.54) is 0 Å². The van der Waals surface area contributed by atoms with Gasteiger partial charge >= 0.3 is 0 Å². The van der Waals surface area contributed by atoms with E-state index in [9.17, 15) is 4.79 Å². The number of pyridine rings is 1. The van der Waals surface area contributed by atoms with Gasteiger partial charge in [-0.2, -0.15) is 5.10 Å². The summed E-state index contributed by atoms with van der Waals surface area (Å²) in [6, 6.07) is 11.4. The van der Waals surface area contributed by atoms with Crippen LogP contribution in [0.3, 0.4) is 0 Å². The Morgan fingerprint density at radius 2 is 2.10 bits per heavy atom. The molecule has 0 saturated heterocycles. The number of hydrogen-bond acceptors (Lipinski definition) is 5. The molecule has 29 heavy (non-hydrogen) atoms. The molecule has 7 nitrogen and oxygen atoms in total. The van der Waals surface area contributed by atoms with Gasteiger partial charge in [0, 0.05) is 24.4 Å². The Kier molecular flexibility index (Phi) is 7.13. The summed E-state index contributed by atoms with van der Waals surface area (Å²) in [7, 11) is 0. The number of aryl methyl sites for hydroxylation is 1. The van der Waals surface area contributed by atoms with Crippen molar-refractivity contribution in [1.82, 2.24) is 25.1 Å². The van der Waals surface area contributed by atoms with Gasteiger partial charge in [-0.05, 0) is 49.3 Å². The molecule has 3 rings (SSSR count). The molecule has 2 N–H and O–H groups in total. The lowest BCUT2D eigenvalue weighted by Gasteiger charge is -2.16. The van der Waals surface area contributed by atoms with Crippen molar-refractivity contribution in [2.45, 2.75) is 45.9 Å². The van der Waals surface area contributed by atoms with Crippen molar-refractivity contribution in [1.29, 1.82) is 0 Å². The largest absolute Gasteiger partial charge is 0.489 e. The molecule has 0 spiro atoms. The van der Waals surface area contributed by atoms with E-state index in [0.29, 0.717) is 11.4 Å². The van der Waals surface area contributed by atoms with Crippen LogP contribution in [-0.4, -0.2) is 25.7 Å². The van der Waals surface area contributed by atoms with Gasteiger partial charge in [-0.1, -0.05) is 25.1 Å². The highest BCUT2D eigenvalue weighted by Crippen LogP contribution is 2.18. The fourth-order valence-corrected chi connectivity index (χ4v) is 3.16. The lowest BCUT2D eigenvalue weighted by Crippen LogP contribution is -2.30. The highest BCUT2D eigenvalue weighted by Gasteiger charge is 2.13. The summed E-state index contributed by atoms with van der Waals surface area (Å²) in [6.07, 6.45) is 5.23. The summed E-state index contributed by atoms with van der Waals surface area (Å²) in [4.78, 5) is 16.6. The summed E-state index contributed by atoms with van der Waals surface area (Å²) >= 11 is 5.23. The van der Waals surface area contributed by atoms with Crippen LogP contribution in [0, 0.1) is 4.77 Å². The second-order valence-corrected chi connectivity index (χ2v) is 7.18. The van der Waals surface area contributed by atoms with Crippen molar-refractivity contribution in [3.63, 3.8) is 0 Å². The Morgan fingerprint density at radius 1 is 1.31 bits per heavy atom. The molecule has 1 amide bonds. The molecule has 1 atom stereocenters. The third kappa shape index (κ3) is 5.74. The number of nitrogens with one attached hydrogen (secondary N) is 2. The molecule has 0 saturated carbocycles. The zero-order valence-corrected chi connectivity index (χ0v) is 17.4. The zero-order valence-electron chi connectivity index (χ0n) is 16.6. The highest BCUT2D eigenvalue weighted by atomic mass is 32.1. The first-order chi connectivity index (χ1) is 14.1. The zero-order chi connectivity index (χ0) is 20.6. The molecule has 8 heteroatoms. The average molecular weight is 412 g/mol. The summed E-state index contributed by atoms with van der Waals surface area (Å²) in [5.41, 5.74) is 2.01. The number of carbonyl (C=O) groups excluding carboxylic acids is 1. The van der Waals surface area contributed by atoms with Crippen LogP contribution in [0.5, 0.6) is 5.75 Å². The van der Waals surface area contributed by atoms with Gasteiger partial charge in [0.05, 0.1) is 6.04 Å². The number of hydrogen-bond donors (Lipinski definition) is 2. The number of aromatic nitrogens is 4. The molecule has 0 fully saturated rings. The van der Waals surface area contributed by atoms with E-state index < -0.39 is 0 Å². The summed E-state index contributed by atoms with van der Waals surface area (Å²) in [5.74, 6) is 1.46. The predicted octanol–water partition coefficient (Wildman–Crippen LogP) is 3.74. The second-order valence-electron chi connectivity index (χ2n) is 6.79. The maximum absolute atomic E-state index is 12.5. The van der Waals surface area contributed by atoms with Gasteiger partial charge in [-0.3, -0.25) is 19.4 Å². The van der Waals surface area contributed by atoms with E-state index in [4.69, 9.17) is 17.0 Å². The molecule has 1 aromatic carbocycles. The first kappa shape index (κ1) is 20.7. The molecule has 2 heterocycles. The molecule has 3 aromatic rings. The van der Waals surface area contributed by atoms with Crippen LogP contribution in [0.15, 0.2) is 48.8 Å². The maximum Gasteiger partial charge on any atom is 0.240 e. The molecule has 0 aliphatic carbocycles. The Labute approximate surface area is 175 Å². The number of rotatable bonds is 9. The van der Waals surface area contributed by atoms with Crippen LogP contribution >= 0.6 is 12.2 Å². The normalized spacial score (nSPS) is 11.8. The van der Waals surface area contributed by atoms with Crippen molar-refractivity contribution in [3.05, 3.63) is 70.5 Å². The van der Waals surface area contributed by atoms with E-state index >= 15 is 0 Å². The molecule has 0 bridgehead atoms. The minimum absolute atomic E-state index is 0.107. The van der Waals surface area contributed by atoms with Gasteiger partial charge in [-0.25, -0.2) is 0 Å². The number of ether oxygens (including phenoxy) is 1. The third-order valence-corrected chi connectivity index (χ3v) is 4.81. The van der Waals surface area contributed by atoms with E-state index in [2.05, 4.69) is 27.4 Å². The first-order valence-electron chi connectivity index (χ1n) is 9.62. The van der Waals surface area contributed by atoms with Crippen LogP contribution in [0.1, 0.15) is 43.3 Å². The van der Waals surface area contributed by atoms with E-state index in [1.807, 2.05) is 43.3 Å². The number of carbonyl (C=O) groups is 1. The molecular formula is C21H25N5O2S. The van der Waals surface area contributed by atoms with Crippen molar-refractivity contribution >= 4 is 18.1 Å². The lowest BCUT2D eigenvalue weighted by atomic mass is 10.1. The van der Waals surface area contributed by atoms with Gasteiger partial charge in [0.1, 0.15) is 24.7 Å². The number of benzene rings is 1. The quantitative estimate of drug-likeness (QED) is 0.524. The lowest BCUT2D eigenvalue weighted by molar-refractivity contribution is -0.122. The molecule has 1 unspecified atom stereocenters. The summed E-state index contributed by atoms with van der Waals surface area (Å²) in [6.45, 7) is 4.63. The number of aromatic amines is 1. The molecular weight excluding hydrogens is 386 g/mol. The number of H-pyrrole nitrogens is 1. The van der Waals surface area contributed by atoms with E-state index in [-0.39, 0.29) is 18.5 Å². The van der Waals surface area contributed by atoms with Gasteiger partial charge in [-0.15, -0.1) is 0 Å². The molecule has 152 valence electrons. The van der Waals surface area contributed by atoms with Crippen LogP contribution in [0.2, 0.25) is 0 Å². The molecule has 0 aliphatic heterocycles. The maximum atomic E-state index is 12.5. The van der Waals surface area contributed by atoms with Crippen molar-refractivity contribution in [3.8, 4) is 5.75 Å². The number of amides is 1. The fourth-order valence-electron chi connectivity index (χ4n) is 2.94. The van der Waals surface area contributed by atoms with Crippen molar-refractivity contribution in [2.24, 2.45) is 0 Å².